The summed E-state index contributed by atoms with van der Waals surface area (Å²) in [4.78, 5) is 41.0. The molecule has 3 aromatic rings. The van der Waals surface area contributed by atoms with Gasteiger partial charge in [-0.2, -0.15) is 4.37 Å². The first-order valence-corrected chi connectivity index (χ1v) is 12.9. The van der Waals surface area contributed by atoms with E-state index < -0.39 is 23.8 Å². The number of hydrogen-bond donors (Lipinski definition) is 4. The molecule has 1 fully saturated rings. The number of benzene rings is 2. The van der Waals surface area contributed by atoms with E-state index in [4.69, 9.17) is 20.9 Å². The van der Waals surface area contributed by atoms with Crippen molar-refractivity contribution in [2.24, 2.45) is 5.73 Å². The number of nitrogens with two attached hydrogens (primary N) is 2. The number of nitrogens with one attached hydrogen (secondary N) is 1. The number of nitrogens with zero attached hydrogens (tertiary/aromatic N) is 2. The molecule has 0 radical (unpaired) electrons. The molecule has 0 bridgehead atoms. The highest BCUT2D eigenvalue weighted by Gasteiger charge is 2.37. The van der Waals surface area contributed by atoms with Crippen molar-refractivity contribution in [2.45, 2.75) is 31.9 Å². The van der Waals surface area contributed by atoms with Gasteiger partial charge >= 0.3 is 0 Å². The fourth-order valence-electron chi connectivity index (χ4n) is 4.23. The van der Waals surface area contributed by atoms with Crippen molar-refractivity contribution in [3.05, 3.63) is 64.7 Å². The number of amides is 3. The molecule has 2 unspecified atom stereocenters. The number of ether oxygens (including phenoxy) is 2. The van der Waals surface area contributed by atoms with Crippen LogP contribution >= 0.6 is 11.5 Å². The Hall–Kier alpha value is -4.16. The van der Waals surface area contributed by atoms with Crippen LogP contribution in [0, 0.1) is 0 Å². The minimum Gasteiger partial charge on any atom is -0.508 e. The zero-order valence-electron chi connectivity index (χ0n) is 20.8. The number of para-hydroxylation sites is 2. The number of aromatic nitrogens is 1. The predicted octanol–water partition coefficient (Wildman–Crippen LogP) is 2.61. The molecule has 1 aliphatic rings. The maximum absolute atomic E-state index is 14.2. The number of nitrogen functional groups attached to an aromatic ring is 1. The summed E-state index contributed by atoms with van der Waals surface area (Å²) in [6.45, 7) is 3.00. The average molecular weight is 540 g/mol. The summed E-state index contributed by atoms with van der Waals surface area (Å²) in [5.74, 6) is -1.67. The van der Waals surface area contributed by atoms with Crippen LogP contribution in [0.5, 0.6) is 11.5 Å². The Bertz CT molecular complexity index is 1310. The van der Waals surface area contributed by atoms with Crippen LogP contribution in [0.1, 0.15) is 51.5 Å². The summed E-state index contributed by atoms with van der Waals surface area (Å²) >= 11 is 0.716. The van der Waals surface area contributed by atoms with Gasteiger partial charge in [0, 0.05) is 13.2 Å². The minimum atomic E-state index is -1.20. The van der Waals surface area contributed by atoms with Gasteiger partial charge in [0.1, 0.15) is 22.4 Å². The molecule has 4 rings (SSSR count). The Morgan fingerprint density at radius 3 is 2.61 bits per heavy atom. The van der Waals surface area contributed by atoms with Crippen LogP contribution in [0.2, 0.25) is 0 Å². The third kappa shape index (κ3) is 5.71. The smallest absolute Gasteiger partial charge is 0.273 e. The SMILES string of the molecule is CCOc1ccccc1N(C(=O)c1snc(C(N)=O)c1N)C(C(=O)NCC1CCCO1)c1ccc(O)cc1. The van der Waals surface area contributed by atoms with Gasteiger partial charge in [-0.3, -0.25) is 19.3 Å². The fraction of sp³-hybridized carbons (Fsp3) is 0.308. The number of phenols is 1. The normalized spacial score (nSPS) is 15.6. The topological polar surface area (TPSA) is 170 Å². The van der Waals surface area contributed by atoms with E-state index in [9.17, 15) is 19.5 Å². The largest absolute Gasteiger partial charge is 0.508 e. The van der Waals surface area contributed by atoms with E-state index >= 15 is 0 Å². The number of hydrogen-bond acceptors (Lipinski definition) is 9. The van der Waals surface area contributed by atoms with Gasteiger partial charge in [-0.15, -0.1) is 0 Å². The third-order valence-electron chi connectivity index (χ3n) is 6.04. The van der Waals surface area contributed by atoms with E-state index in [1.54, 1.807) is 43.3 Å². The molecule has 0 saturated carbocycles. The first kappa shape index (κ1) is 26.9. The lowest BCUT2D eigenvalue weighted by atomic mass is 10.0. The van der Waals surface area contributed by atoms with Crippen LogP contribution in [0.25, 0.3) is 0 Å². The minimum absolute atomic E-state index is 0.00217. The monoisotopic (exact) mass is 539 g/mol. The lowest BCUT2D eigenvalue weighted by Crippen LogP contribution is -2.45. The van der Waals surface area contributed by atoms with Gasteiger partial charge in [-0.25, -0.2) is 0 Å². The van der Waals surface area contributed by atoms with Crippen LogP contribution in [0.15, 0.2) is 48.5 Å². The van der Waals surface area contributed by atoms with Crippen LogP contribution in [0.4, 0.5) is 11.4 Å². The summed E-state index contributed by atoms with van der Waals surface area (Å²) in [7, 11) is 0. The number of carbonyl (C=O) groups excluding carboxylic acids is 3. The molecule has 2 atom stereocenters. The van der Waals surface area contributed by atoms with E-state index in [2.05, 4.69) is 9.69 Å². The molecular formula is C26H29N5O6S. The van der Waals surface area contributed by atoms with Crippen molar-refractivity contribution >= 4 is 40.6 Å². The second-order valence-electron chi connectivity index (χ2n) is 8.59. The molecular weight excluding hydrogens is 510 g/mol. The van der Waals surface area contributed by atoms with Crippen molar-refractivity contribution in [3.63, 3.8) is 0 Å². The Balaban J connectivity index is 1.85. The van der Waals surface area contributed by atoms with Crippen LogP contribution in [-0.4, -0.2) is 53.1 Å². The molecule has 1 aliphatic heterocycles. The lowest BCUT2D eigenvalue weighted by Gasteiger charge is -2.32. The highest BCUT2D eigenvalue weighted by atomic mass is 32.1. The Kier molecular flexibility index (Phi) is 8.44. The van der Waals surface area contributed by atoms with Crippen molar-refractivity contribution in [1.29, 1.82) is 0 Å². The molecule has 6 N–H and O–H groups in total. The van der Waals surface area contributed by atoms with Crippen LogP contribution in [0.3, 0.4) is 0 Å². The maximum atomic E-state index is 14.2. The molecule has 0 spiro atoms. The Morgan fingerprint density at radius 2 is 1.97 bits per heavy atom. The van der Waals surface area contributed by atoms with Gasteiger partial charge < -0.3 is 31.4 Å². The average Bonchev–Trinajstić information content (AvgIpc) is 3.57. The first-order chi connectivity index (χ1) is 18.3. The van der Waals surface area contributed by atoms with Gasteiger partial charge in [-0.05, 0) is 61.1 Å². The number of anilines is 2. The summed E-state index contributed by atoms with van der Waals surface area (Å²) in [6, 6.07) is 11.6. The molecule has 0 aliphatic carbocycles. The Labute approximate surface area is 223 Å². The lowest BCUT2D eigenvalue weighted by molar-refractivity contribution is -0.123. The zero-order chi connectivity index (χ0) is 27.2. The number of primary amides is 1. The van der Waals surface area contributed by atoms with E-state index in [0.717, 1.165) is 12.8 Å². The number of carbonyl (C=O) groups is 3. The summed E-state index contributed by atoms with van der Waals surface area (Å²) in [5.41, 5.74) is 11.8. The quantitative estimate of drug-likeness (QED) is 0.305. The number of rotatable bonds is 10. The molecule has 3 amide bonds. The molecule has 1 saturated heterocycles. The predicted molar refractivity (Wildman–Crippen MR) is 142 cm³/mol. The van der Waals surface area contributed by atoms with Gasteiger partial charge in [0.25, 0.3) is 11.8 Å². The Morgan fingerprint density at radius 1 is 1.24 bits per heavy atom. The van der Waals surface area contributed by atoms with E-state index in [-0.39, 0.29) is 34.7 Å². The molecule has 12 heteroatoms. The first-order valence-electron chi connectivity index (χ1n) is 12.1. The highest BCUT2D eigenvalue weighted by Crippen LogP contribution is 2.38. The molecule has 38 heavy (non-hydrogen) atoms. The zero-order valence-corrected chi connectivity index (χ0v) is 21.6. The van der Waals surface area contributed by atoms with Crippen molar-refractivity contribution < 1.29 is 29.0 Å². The van der Waals surface area contributed by atoms with Crippen molar-refractivity contribution in [3.8, 4) is 11.5 Å². The van der Waals surface area contributed by atoms with E-state index in [1.165, 1.54) is 17.0 Å². The van der Waals surface area contributed by atoms with Gasteiger partial charge in [0.05, 0.1) is 24.1 Å². The molecule has 2 heterocycles. The van der Waals surface area contributed by atoms with E-state index in [1.807, 2.05) is 0 Å². The summed E-state index contributed by atoms with van der Waals surface area (Å²) < 4.78 is 15.4. The maximum Gasteiger partial charge on any atom is 0.273 e. The van der Waals surface area contributed by atoms with Gasteiger partial charge in [-0.1, -0.05) is 24.3 Å². The second kappa shape index (κ2) is 11.9. The summed E-state index contributed by atoms with van der Waals surface area (Å²) in [5, 5.41) is 12.8. The highest BCUT2D eigenvalue weighted by molar-refractivity contribution is 7.09. The third-order valence-corrected chi connectivity index (χ3v) is 6.89. The standard InChI is InChI=1S/C26H29N5O6S/c1-2-36-19-8-4-3-7-18(19)31(26(35)23-20(27)21(24(28)33)30-38-23)22(15-9-11-16(32)12-10-15)25(34)29-14-17-6-5-13-37-17/h3-4,7-12,17,22,32H,2,5-6,13-14,27H2,1H3,(H2,28,33)(H,29,34). The van der Waals surface area contributed by atoms with Crippen molar-refractivity contribution in [2.75, 3.05) is 30.4 Å². The van der Waals surface area contributed by atoms with Gasteiger partial charge in [0.2, 0.25) is 5.91 Å². The molecule has 11 nitrogen and oxygen atoms in total. The molecule has 2 aromatic carbocycles. The fourth-order valence-corrected chi connectivity index (χ4v) is 4.97. The second-order valence-corrected chi connectivity index (χ2v) is 9.36. The van der Waals surface area contributed by atoms with Gasteiger partial charge in [0.15, 0.2) is 5.69 Å². The van der Waals surface area contributed by atoms with Crippen molar-refractivity contribution in [1.82, 2.24) is 9.69 Å². The molecule has 200 valence electrons. The van der Waals surface area contributed by atoms with Crippen LogP contribution in [-0.2, 0) is 9.53 Å². The van der Waals surface area contributed by atoms with E-state index in [0.29, 0.717) is 41.7 Å². The van der Waals surface area contributed by atoms with Crippen LogP contribution < -0.4 is 26.4 Å². The summed E-state index contributed by atoms with van der Waals surface area (Å²) in [6.07, 6.45) is 1.59. The molecule has 1 aromatic heterocycles. The number of phenolic OH excluding ortho intramolecular Hbond substituents is 1. The number of aromatic hydroxyl groups is 1.